The number of nitriles is 1. The first-order valence-corrected chi connectivity index (χ1v) is 6.93. The van der Waals surface area contributed by atoms with Crippen LogP contribution in [0.25, 0.3) is 6.08 Å². The third kappa shape index (κ3) is 3.83. The summed E-state index contributed by atoms with van der Waals surface area (Å²) in [5, 5.41) is 9.27. The number of benzene rings is 2. The molecule has 0 aliphatic carbocycles. The standard InChI is InChI=1S/C19H19N/c1-15(2)19-10-8-17(9-11-19)13-18(14-20)12-16-6-4-3-5-7-16/h3-11,13,15H,12H2,1-2H3/b18-13-. The van der Waals surface area contributed by atoms with Gasteiger partial charge in [0.1, 0.15) is 0 Å². The van der Waals surface area contributed by atoms with E-state index in [0.29, 0.717) is 12.3 Å². The van der Waals surface area contributed by atoms with Crippen LogP contribution in [0.1, 0.15) is 36.5 Å². The van der Waals surface area contributed by atoms with Crippen LogP contribution >= 0.6 is 0 Å². The molecule has 0 N–H and O–H groups in total. The first kappa shape index (κ1) is 14.1. The van der Waals surface area contributed by atoms with Crippen LogP contribution in [0.3, 0.4) is 0 Å². The van der Waals surface area contributed by atoms with Crippen molar-refractivity contribution in [3.05, 3.63) is 76.9 Å². The van der Waals surface area contributed by atoms with E-state index in [1.165, 1.54) is 11.1 Å². The molecule has 0 aliphatic heterocycles. The molecule has 1 nitrogen and oxygen atoms in total. The topological polar surface area (TPSA) is 23.8 Å². The minimum Gasteiger partial charge on any atom is -0.193 e. The van der Waals surface area contributed by atoms with Crippen molar-refractivity contribution in [1.82, 2.24) is 0 Å². The fourth-order valence-corrected chi connectivity index (χ4v) is 2.12. The molecule has 0 saturated carbocycles. The Labute approximate surface area is 121 Å². The first-order valence-electron chi connectivity index (χ1n) is 6.93. The largest absolute Gasteiger partial charge is 0.193 e. The Morgan fingerprint density at radius 2 is 1.70 bits per heavy atom. The summed E-state index contributed by atoms with van der Waals surface area (Å²) in [7, 11) is 0. The molecule has 0 bridgehead atoms. The third-order valence-electron chi connectivity index (χ3n) is 3.33. The van der Waals surface area contributed by atoms with E-state index in [1.807, 2.05) is 36.4 Å². The number of hydrogen-bond donors (Lipinski definition) is 0. The molecule has 1 heteroatoms. The lowest BCUT2D eigenvalue weighted by Crippen LogP contribution is -1.89. The zero-order valence-electron chi connectivity index (χ0n) is 12.0. The Bertz CT molecular complexity index is 613. The van der Waals surface area contributed by atoms with Gasteiger partial charge >= 0.3 is 0 Å². The predicted molar refractivity (Wildman–Crippen MR) is 84.3 cm³/mol. The van der Waals surface area contributed by atoms with Gasteiger partial charge in [0.15, 0.2) is 0 Å². The van der Waals surface area contributed by atoms with Gasteiger partial charge in [0.25, 0.3) is 0 Å². The van der Waals surface area contributed by atoms with Crippen molar-refractivity contribution in [3.8, 4) is 6.07 Å². The quantitative estimate of drug-likeness (QED) is 0.714. The second kappa shape index (κ2) is 6.73. The molecule has 0 spiro atoms. The molecular weight excluding hydrogens is 242 g/mol. The van der Waals surface area contributed by atoms with Gasteiger partial charge in [0, 0.05) is 12.0 Å². The van der Waals surface area contributed by atoms with Gasteiger partial charge in [-0.3, -0.25) is 0 Å². The van der Waals surface area contributed by atoms with Gasteiger partial charge in [0.05, 0.1) is 6.07 Å². The molecule has 2 aromatic carbocycles. The molecule has 0 atom stereocenters. The highest BCUT2D eigenvalue weighted by atomic mass is 14.2. The van der Waals surface area contributed by atoms with Crippen LogP contribution in [0.15, 0.2) is 60.2 Å². The highest BCUT2D eigenvalue weighted by Crippen LogP contribution is 2.17. The normalized spacial score (nSPS) is 11.4. The maximum atomic E-state index is 9.27. The van der Waals surface area contributed by atoms with Crippen LogP contribution in [0, 0.1) is 11.3 Å². The first-order chi connectivity index (χ1) is 9.69. The molecule has 2 aromatic rings. The fraction of sp³-hybridized carbons (Fsp3) is 0.211. The highest BCUT2D eigenvalue weighted by Gasteiger charge is 2.01. The summed E-state index contributed by atoms with van der Waals surface area (Å²) in [4.78, 5) is 0. The van der Waals surface area contributed by atoms with E-state index in [0.717, 1.165) is 11.1 Å². The van der Waals surface area contributed by atoms with E-state index in [-0.39, 0.29) is 0 Å². The summed E-state index contributed by atoms with van der Waals surface area (Å²) in [6.45, 7) is 4.36. The molecule has 2 rings (SSSR count). The molecule has 0 unspecified atom stereocenters. The van der Waals surface area contributed by atoms with Gasteiger partial charge in [-0.1, -0.05) is 68.4 Å². The van der Waals surface area contributed by atoms with Gasteiger partial charge in [0.2, 0.25) is 0 Å². The van der Waals surface area contributed by atoms with Crippen molar-refractivity contribution < 1.29 is 0 Å². The van der Waals surface area contributed by atoms with Crippen LogP contribution in [-0.4, -0.2) is 0 Å². The van der Waals surface area contributed by atoms with Crippen molar-refractivity contribution in [3.63, 3.8) is 0 Å². The lowest BCUT2D eigenvalue weighted by Gasteiger charge is -2.05. The lowest BCUT2D eigenvalue weighted by molar-refractivity contribution is 0.866. The van der Waals surface area contributed by atoms with Crippen LogP contribution in [-0.2, 0) is 6.42 Å². The fourth-order valence-electron chi connectivity index (χ4n) is 2.12. The van der Waals surface area contributed by atoms with E-state index in [4.69, 9.17) is 0 Å². The van der Waals surface area contributed by atoms with E-state index in [1.54, 1.807) is 0 Å². The summed E-state index contributed by atoms with van der Waals surface area (Å²) in [6, 6.07) is 20.8. The third-order valence-corrected chi connectivity index (χ3v) is 3.33. The van der Waals surface area contributed by atoms with E-state index in [2.05, 4.69) is 44.2 Å². The number of allylic oxidation sites excluding steroid dienone is 1. The minimum absolute atomic E-state index is 0.535. The zero-order valence-corrected chi connectivity index (χ0v) is 12.0. The average molecular weight is 261 g/mol. The molecule has 0 heterocycles. The van der Waals surface area contributed by atoms with Gasteiger partial charge in [-0.05, 0) is 28.7 Å². The molecule has 100 valence electrons. The van der Waals surface area contributed by atoms with Crippen LogP contribution < -0.4 is 0 Å². The maximum absolute atomic E-state index is 9.27. The summed E-state index contributed by atoms with van der Waals surface area (Å²) in [6.07, 6.45) is 2.65. The number of rotatable bonds is 4. The van der Waals surface area contributed by atoms with Gasteiger partial charge in [-0.15, -0.1) is 0 Å². The van der Waals surface area contributed by atoms with Crippen molar-refractivity contribution >= 4 is 6.08 Å². The second-order valence-electron chi connectivity index (χ2n) is 5.27. The monoisotopic (exact) mass is 261 g/mol. The minimum atomic E-state index is 0.535. The number of hydrogen-bond acceptors (Lipinski definition) is 1. The molecule has 20 heavy (non-hydrogen) atoms. The maximum Gasteiger partial charge on any atom is 0.0950 e. The summed E-state index contributed by atoms with van der Waals surface area (Å²) < 4.78 is 0. The summed E-state index contributed by atoms with van der Waals surface area (Å²) >= 11 is 0. The Morgan fingerprint density at radius 3 is 2.25 bits per heavy atom. The predicted octanol–water partition coefficient (Wildman–Crippen LogP) is 4.96. The smallest absolute Gasteiger partial charge is 0.0950 e. The Morgan fingerprint density at radius 1 is 1.05 bits per heavy atom. The van der Waals surface area contributed by atoms with E-state index >= 15 is 0 Å². The second-order valence-corrected chi connectivity index (χ2v) is 5.27. The Hall–Kier alpha value is -2.33. The molecule has 0 amide bonds. The van der Waals surface area contributed by atoms with Gasteiger partial charge in [-0.2, -0.15) is 5.26 Å². The Kier molecular flexibility index (Phi) is 4.74. The number of nitrogens with zero attached hydrogens (tertiary/aromatic N) is 1. The summed E-state index contributed by atoms with van der Waals surface area (Å²) in [5.41, 5.74) is 4.36. The molecule has 0 aromatic heterocycles. The van der Waals surface area contributed by atoms with Crippen LogP contribution in [0.4, 0.5) is 0 Å². The van der Waals surface area contributed by atoms with Gasteiger partial charge in [-0.25, -0.2) is 0 Å². The molecule has 0 radical (unpaired) electrons. The molecule has 0 aliphatic rings. The molecule has 0 fully saturated rings. The molecule has 0 saturated heterocycles. The van der Waals surface area contributed by atoms with Crippen LogP contribution in [0.5, 0.6) is 0 Å². The van der Waals surface area contributed by atoms with E-state index in [9.17, 15) is 5.26 Å². The molecular formula is C19H19N. The van der Waals surface area contributed by atoms with Crippen molar-refractivity contribution in [2.24, 2.45) is 0 Å². The van der Waals surface area contributed by atoms with Crippen LogP contribution in [0.2, 0.25) is 0 Å². The van der Waals surface area contributed by atoms with E-state index < -0.39 is 0 Å². The Balaban J connectivity index is 2.17. The SMILES string of the molecule is CC(C)c1ccc(/C=C(\C#N)Cc2ccccc2)cc1. The highest BCUT2D eigenvalue weighted by molar-refractivity contribution is 5.58. The lowest BCUT2D eigenvalue weighted by atomic mass is 10.00. The zero-order chi connectivity index (χ0) is 14.4. The van der Waals surface area contributed by atoms with Crippen molar-refractivity contribution in [2.75, 3.05) is 0 Å². The summed E-state index contributed by atoms with van der Waals surface area (Å²) in [5.74, 6) is 0.535. The van der Waals surface area contributed by atoms with Crippen molar-refractivity contribution in [2.45, 2.75) is 26.2 Å². The van der Waals surface area contributed by atoms with Crippen molar-refractivity contribution in [1.29, 1.82) is 5.26 Å². The average Bonchev–Trinajstić information content (AvgIpc) is 2.48. The van der Waals surface area contributed by atoms with Gasteiger partial charge < -0.3 is 0 Å².